The summed E-state index contributed by atoms with van der Waals surface area (Å²) < 4.78 is 12.0. The SMILES string of the molecule is CCOc1ccc(NC(=O)[C@H]2[C@H]3C(=O)N(CCCCO)C(C(=O)Nc4cc(C)ccc4C)C34CC(Br)[C@@H]2O4)cc1. The van der Waals surface area contributed by atoms with E-state index in [4.69, 9.17) is 9.47 Å². The number of aliphatic hydroxyl groups excluding tert-OH is 1. The normalized spacial score (nSPS) is 28.5. The number of fused-ring (bicyclic) bond motifs is 1. The summed E-state index contributed by atoms with van der Waals surface area (Å²) in [6.07, 6.45) is 0.913. The largest absolute Gasteiger partial charge is 0.494 e. The van der Waals surface area contributed by atoms with E-state index in [1.165, 1.54) is 0 Å². The number of likely N-dealkylation sites (tertiary alicyclic amines) is 1. The van der Waals surface area contributed by atoms with Gasteiger partial charge in [-0.25, -0.2) is 0 Å². The highest BCUT2D eigenvalue weighted by Gasteiger charge is 2.76. The van der Waals surface area contributed by atoms with Crippen LogP contribution >= 0.6 is 15.9 Å². The van der Waals surface area contributed by atoms with E-state index in [9.17, 15) is 19.5 Å². The van der Waals surface area contributed by atoms with Gasteiger partial charge in [0.1, 0.15) is 17.4 Å². The molecule has 3 fully saturated rings. The molecule has 3 amide bonds. The number of aliphatic hydroxyl groups is 1. The molecule has 3 saturated heterocycles. The van der Waals surface area contributed by atoms with Crippen molar-refractivity contribution >= 4 is 45.0 Å². The zero-order valence-electron chi connectivity index (χ0n) is 23.0. The smallest absolute Gasteiger partial charge is 0.250 e. The lowest BCUT2D eigenvalue weighted by atomic mass is 9.70. The molecule has 3 aliphatic rings. The van der Waals surface area contributed by atoms with Crippen LogP contribution in [0.15, 0.2) is 42.5 Å². The number of alkyl halides is 1. The first-order chi connectivity index (χ1) is 19.2. The number of unbranched alkanes of at least 4 members (excludes halogenated alkanes) is 1. The third kappa shape index (κ3) is 5.01. The lowest BCUT2D eigenvalue weighted by Crippen LogP contribution is -2.54. The van der Waals surface area contributed by atoms with Crippen LogP contribution in [-0.2, 0) is 19.1 Å². The van der Waals surface area contributed by atoms with E-state index in [0.29, 0.717) is 43.0 Å². The van der Waals surface area contributed by atoms with Gasteiger partial charge in [-0.3, -0.25) is 14.4 Å². The van der Waals surface area contributed by atoms with Gasteiger partial charge < -0.3 is 30.1 Å². The van der Waals surface area contributed by atoms with Crippen molar-refractivity contribution in [3.8, 4) is 5.75 Å². The van der Waals surface area contributed by atoms with Gasteiger partial charge in [0.15, 0.2) is 0 Å². The number of aryl methyl sites for hydroxylation is 2. The first kappa shape index (κ1) is 28.6. The Morgan fingerprint density at radius 2 is 1.88 bits per heavy atom. The van der Waals surface area contributed by atoms with E-state index < -0.39 is 29.6 Å². The summed E-state index contributed by atoms with van der Waals surface area (Å²) >= 11 is 3.70. The number of anilines is 2. The van der Waals surface area contributed by atoms with Crippen LogP contribution in [0, 0.1) is 25.7 Å². The zero-order chi connectivity index (χ0) is 28.6. The van der Waals surface area contributed by atoms with Gasteiger partial charge in [0.2, 0.25) is 17.7 Å². The Morgan fingerprint density at radius 3 is 2.58 bits per heavy atom. The van der Waals surface area contributed by atoms with Crippen molar-refractivity contribution in [1.82, 2.24) is 4.90 Å². The van der Waals surface area contributed by atoms with Crippen LogP contribution in [-0.4, -0.2) is 70.1 Å². The standard InChI is InChI=1S/C30H36BrN3O6/c1-4-39-20-11-9-19(10-12-20)32-27(36)23-24-29(38)34(13-5-6-14-35)26(30(24)16-21(31)25(23)40-30)28(37)33-22-15-17(2)7-8-18(22)3/h7-12,15,21,23-26,35H,4-6,13-14,16H2,1-3H3,(H,32,36)(H,33,37)/t21?,23-,24-,25-,26?,30?/m0/s1. The van der Waals surface area contributed by atoms with Crippen LogP contribution in [0.3, 0.4) is 0 Å². The predicted octanol–water partition coefficient (Wildman–Crippen LogP) is 3.80. The fraction of sp³-hybridized carbons (Fsp3) is 0.500. The molecule has 3 aliphatic heterocycles. The Bertz CT molecular complexity index is 1290. The number of rotatable bonds is 10. The Hall–Kier alpha value is -2.95. The lowest BCUT2D eigenvalue weighted by molar-refractivity contribution is -0.139. The first-order valence-electron chi connectivity index (χ1n) is 13.8. The first-order valence-corrected chi connectivity index (χ1v) is 14.8. The molecule has 3 unspecified atom stereocenters. The lowest BCUT2D eigenvalue weighted by Gasteiger charge is -2.34. The van der Waals surface area contributed by atoms with Crippen LogP contribution < -0.4 is 15.4 Å². The van der Waals surface area contributed by atoms with E-state index in [0.717, 1.165) is 11.1 Å². The summed E-state index contributed by atoms with van der Waals surface area (Å²) in [6.45, 7) is 6.59. The van der Waals surface area contributed by atoms with Crippen molar-refractivity contribution in [2.75, 3.05) is 30.4 Å². The van der Waals surface area contributed by atoms with E-state index in [-0.39, 0.29) is 35.7 Å². The number of nitrogens with one attached hydrogen (secondary N) is 2. The number of carbonyl (C=O) groups excluding carboxylic acids is 3. The number of hydrogen-bond donors (Lipinski definition) is 3. The maximum Gasteiger partial charge on any atom is 0.250 e. The van der Waals surface area contributed by atoms with Gasteiger partial charge in [0, 0.05) is 29.4 Å². The summed E-state index contributed by atoms with van der Waals surface area (Å²) in [5.41, 5.74) is 2.04. The second kappa shape index (κ2) is 11.5. The monoisotopic (exact) mass is 613 g/mol. The van der Waals surface area contributed by atoms with E-state index in [1.807, 2.05) is 39.0 Å². The van der Waals surface area contributed by atoms with Gasteiger partial charge >= 0.3 is 0 Å². The minimum atomic E-state index is -1.14. The number of nitrogens with zero attached hydrogens (tertiary/aromatic N) is 1. The molecule has 2 aromatic rings. The summed E-state index contributed by atoms with van der Waals surface area (Å²) in [4.78, 5) is 43.1. The van der Waals surface area contributed by atoms with Crippen molar-refractivity contribution in [3.05, 3.63) is 53.6 Å². The minimum absolute atomic E-state index is 0.00881. The molecule has 3 N–H and O–H groups in total. The molecule has 6 atom stereocenters. The number of halogens is 1. The average Bonchev–Trinajstić information content (AvgIpc) is 3.51. The fourth-order valence-corrected chi connectivity index (χ4v) is 7.41. The number of hydrogen-bond acceptors (Lipinski definition) is 6. The van der Waals surface area contributed by atoms with E-state index in [2.05, 4.69) is 26.6 Å². The van der Waals surface area contributed by atoms with Crippen molar-refractivity contribution in [2.24, 2.45) is 11.8 Å². The molecule has 214 valence electrons. The molecule has 40 heavy (non-hydrogen) atoms. The number of ether oxygens (including phenoxy) is 2. The second-order valence-corrected chi connectivity index (χ2v) is 12.1. The van der Waals surface area contributed by atoms with E-state index >= 15 is 0 Å². The molecular formula is C30H36BrN3O6. The van der Waals surface area contributed by atoms with Crippen LogP contribution in [0.2, 0.25) is 0 Å². The highest BCUT2D eigenvalue weighted by molar-refractivity contribution is 9.09. The molecule has 5 rings (SSSR count). The molecule has 0 saturated carbocycles. The minimum Gasteiger partial charge on any atom is -0.494 e. The Labute approximate surface area is 242 Å². The highest BCUT2D eigenvalue weighted by Crippen LogP contribution is 2.60. The topological polar surface area (TPSA) is 117 Å². The molecule has 0 aliphatic carbocycles. The van der Waals surface area contributed by atoms with Gasteiger partial charge in [0.05, 0.1) is 24.5 Å². The quantitative estimate of drug-likeness (QED) is 0.277. The molecule has 9 nitrogen and oxygen atoms in total. The summed E-state index contributed by atoms with van der Waals surface area (Å²) in [5.74, 6) is -1.77. The van der Waals surface area contributed by atoms with Gasteiger partial charge in [-0.15, -0.1) is 0 Å². The van der Waals surface area contributed by atoms with Crippen LogP contribution in [0.5, 0.6) is 5.75 Å². The van der Waals surface area contributed by atoms with Crippen LogP contribution in [0.25, 0.3) is 0 Å². The molecular weight excluding hydrogens is 578 g/mol. The molecule has 1 spiro atoms. The Kier molecular flexibility index (Phi) is 8.22. The second-order valence-electron chi connectivity index (χ2n) is 10.9. The number of amides is 3. The van der Waals surface area contributed by atoms with Gasteiger partial charge in [0.25, 0.3) is 0 Å². The van der Waals surface area contributed by atoms with E-state index in [1.54, 1.807) is 29.2 Å². The summed E-state index contributed by atoms with van der Waals surface area (Å²) in [5, 5.41) is 15.4. The fourth-order valence-electron chi connectivity index (χ4n) is 6.46. The summed E-state index contributed by atoms with van der Waals surface area (Å²) in [7, 11) is 0. The van der Waals surface area contributed by atoms with Crippen LogP contribution in [0.4, 0.5) is 11.4 Å². The van der Waals surface area contributed by atoms with Crippen LogP contribution in [0.1, 0.15) is 37.3 Å². The number of carbonyl (C=O) groups is 3. The molecule has 10 heteroatoms. The van der Waals surface area contributed by atoms with Crippen molar-refractivity contribution in [3.63, 3.8) is 0 Å². The van der Waals surface area contributed by atoms with Gasteiger partial charge in [-0.1, -0.05) is 28.1 Å². The molecule has 2 bridgehead atoms. The van der Waals surface area contributed by atoms with Crippen molar-refractivity contribution in [2.45, 2.75) is 62.6 Å². The van der Waals surface area contributed by atoms with Gasteiger partial charge in [-0.2, -0.15) is 0 Å². The highest BCUT2D eigenvalue weighted by atomic mass is 79.9. The Balaban J connectivity index is 1.45. The molecule has 3 heterocycles. The third-order valence-corrected chi connectivity index (χ3v) is 9.08. The number of benzene rings is 2. The zero-order valence-corrected chi connectivity index (χ0v) is 24.6. The average molecular weight is 615 g/mol. The molecule has 0 radical (unpaired) electrons. The van der Waals surface area contributed by atoms with Crippen molar-refractivity contribution in [1.29, 1.82) is 0 Å². The van der Waals surface area contributed by atoms with Crippen molar-refractivity contribution < 1.29 is 29.0 Å². The maximum absolute atomic E-state index is 14.0. The maximum atomic E-state index is 14.0. The molecule has 2 aromatic carbocycles. The third-order valence-electron chi connectivity index (χ3n) is 8.23. The van der Waals surface area contributed by atoms with Gasteiger partial charge in [-0.05, 0) is 81.5 Å². The Morgan fingerprint density at radius 1 is 1.12 bits per heavy atom. The molecule has 0 aromatic heterocycles. The predicted molar refractivity (Wildman–Crippen MR) is 155 cm³/mol. The summed E-state index contributed by atoms with van der Waals surface area (Å²) in [6, 6.07) is 12.0.